The summed E-state index contributed by atoms with van der Waals surface area (Å²) in [5.74, 6) is -1.66. The lowest BCUT2D eigenvalue weighted by Crippen LogP contribution is -1.96. The molecule has 0 saturated heterocycles. The van der Waals surface area contributed by atoms with Gasteiger partial charge in [0.05, 0.1) is 16.7 Å². The molecule has 0 aliphatic rings. The third-order valence-corrected chi connectivity index (χ3v) is 1.96. The van der Waals surface area contributed by atoms with Crippen LogP contribution in [0.4, 0.5) is 0 Å². The van der Waals surface area contributed by atoms with Crippen LogP contribution in [0.2, 0.25) is 0 Å². The van der Waals surface area contributed by atoms with Crippen LogP contribution in [0.15, 0.2) is 0 Å². The van der Waals surface area contributed by atoms with Gasteiger partial charge in [0.25, 0.3) is 0 Å². The Morgan fingerprint density at radius 2 is 0.800 bits per heavy atom. The number of phenols is 3. The van der Waals surface area contributed by atoms with Gasteiger partial charge >= 0.3 is 0 Å². The van der Waals surface area contributed by atoms with Crippen molar-refractivity contribution in [3.05, 3.63) is 16.7 Å². The lowest BCUT2D eigenvalue weighted by atomic mass is 10.0. The van der Waals surface area contributed by atoms with Gasteiger partial charge in [-0.1, -0.05) is 0 Å². The van der Waals surface area contributed by atoms with Gasteiger partial charge in [-0.2, -0.15) is 0 Å². The molecule has 0 amide bonds. The van der Waals surface area contributed by atoms with Crippen LogP contribution >= 0.6 is 0 Å². The molecule has 1 aromatic carbocycles. The Hall–Kier alpha value is -2.37. The molecule has 0 atom stereocenters. The molecule has 6 N–H and O–H groups in total. The van der Waals surface area contributed by atoms with Gasteiger partial charge in [0.2, 0.25) is 0 Å². The van der Waals surface area contributed by atoms with E-state index in [0.29, 0.717) is 18.6 Å². The zero-order chi connectivity index (χ0) is 11.6. The zero-order valence-electron chi connectivity index (χ0n) is 7.57. The van der Waals surface area contributed by atoms with Crippen molar-refractivity contribution in [2.45, 2.75) is 0 Å². The van der Waals surface area contributed by atoms with Crippen molar-refractivity contribution in [1.82, 2.24) is 0 Å². The summed E-state index contributed by atoms with van der Waals surface area (Å²) in [5.41, 5.74) is -0.695. The van der Waals surface area contributed by atoms with E-state index < -0.39 is 17.2 Å². The van der Waals surface area contributed by atoms with E-state index in [2.05, 4.69) is 0 Å². The van der Waals surface area contributed by atoms with Crippen molar-refractivity contribution in [2.75, 3.05) is 0 Å². The van der Waals surface area contributed by atoms with Crippen molar-refractivity contribution < 1.29 is 15.3 Å². The molecule has 6 nitrogen and oxygen atoms in total. The second-order valence-electron chi connectivity index (χ2n) is 2.72. The first kappa shape index (κ1) is 10.7. The Kier molecular flexibility index (Phi) is 2.70. The molecule has 1 aromatic rings. The largest absolute Gasteiger partial charge is 0.506 e. The zero-order valence-corrected chi connectivity index (χ0v) is 7.57. The number of nitrogens with one attached hydrogen (secondary N) is 3. The molecule has 0 spiro atoms. The van der Waals surface area contributed by atoms with Crippen molar-refractivity contribution in [3.8, 4) is 17.2 Å². The molecular weight excluding hydrogens is 198 g/mol. The predicted octanol–water partition coefficient (Wildman–Crippen LogP) is 0.796. The topological polar surface area (TPSA) is 132 Å². The standard InChI is InChI=1S/C9H9N3O3/c10-1-4-7(13)5(2-11)9(15)6(3-12)8(4)14/h1-3,10-15H. The summed E-state index contributed by atoms with van der Waals surface area (Å²) in [4.78, 5) is 0. The van der Waals surface area contributed by atoms with E-state index in [1.54, 1.807) is 0 Å². The van der Waals surface area contributed by atoms with Crippen LogP contribution in [0.1, 0.15) is 16.7 Å². The molecule has 15 heavy (non-hydrogen) atoms. The Bertz CT molecular complexity index is 367. The highest BCUT2D eigenvalue weighted by Crippen LogP contribution is 2.38. The summed E-state index contributed by atoms with van der Waals surface area (Å²) < 4.78 is 0. The molecule has 0 saturated carbocycles. The number of hydrogen-bond donors (Lipinski definition) is 6. The van der Waals surface area contributed by atoms with E-state index in [4.69, 9.17) is 16.2 Å². The van der Waals surface area contributed by atoms with Crippen LogP contribution in [0.5, 0.6) is 17.2 Å². The van der Waals surface area contributed by atoms with E-state index >= 15 is 0 Å². The maximum Gasteiger partial charge on any atom is 0.140 e. The van der Waals surface area contributed by atoms with E-state index in [1.165, 1.54) is 0 Å². The maximum absolute atomic E-state index is 9.47. The van der Waals surface area contributed by atoms with Gasteiger partial charge in [0.1, 0.15) is 17.2 Å². The summed E-state index contributed by atoms with van der Waals surface area (Å²) in [7, 11) is 0. The molecule has 6 heteroatoms. The molecule has 0 heterocycles. The highest BCUT2D eigenvalue weighted by atomic mass is 16.3. The summed E-state index contributed by atoms with van der Waals surface area (Å²) in [6.45, 7) is 0. The molecule has 0 aromatic heterocycles. The molecule has 1 rings (SSSR count). The van der Waals surface area contributed by atoms with Crippen LogP contribution in [-0.4, -0.2) is 34.0 Å². The lowest BCUT2D eigenvalue weighted by molar-refractivity contribution is 0.424. The minimum Gasteiger partial charge on any atom is -0.506 e. The van der Waals surface area contributed by atoms with Gasteiger partial charge in [0, 0.05) is 18.6 Å². The molecule has 0 fully saturated rings. The lowest BCUT2D eigenvalue weighted by Gasteiger charge is -2.10. The van der Waals surface area contributed by atoms with Crippen LogP contribution < -0.4 is 0 Å². The molecule has 0 unspecified atom stereocenters. The number of rotatable bonds is 3. The first-order valence-electron chi connectivity index (χ1n) is 3.90. The molecule has 0 aliphatic carbocycles. The third-order valence-electron chi connectivity index (χ3n) is 1.96. The highest BCUT2D eigenvalue weighted by Gasteiger charge is 2.19. The van der Waals surface area contributed by atoms with E-state index in [-0.39, 0.29) is 16.7 Å². The van der Waals surface area contributed by atoms with Crippen molar-refractivity contribution in [3.63, 3.8) is 0 Å². The Balaban J connectivity index is 3.79. The van der Waals surface area contributed by atoms with Gasteiger partial charge in [-0.3, -0.25) is 0 Å². The smallest absolute Gasteiger partial charge is 0.140 e. The second-order valence-corrected chi connectivity index (χ2v) is 2.72. The number of benzene rings is 1. The van der Waals surface area contributed by atoms with Gasteiger partial charge < -0.3 is 31.5 Å². The van der Waals surface area contributed by atoms with Gasteiger partial charge in [-0.05, 0) is 0 Å². The SMILES string of the molecule is N=Cc1c(O)c(C=N)c(O)c(C=N)c1O. The molecule has 0 bridgehead atoms. The fourth-order valence-corrected chi connectivity index (χ4v) is 1.18. The molecule has 0 aliphatic heterocycles. The minimum absolute atomic E-state index is 0.232. The maximum atomic E-state index is 9.47. The summed E-state index contributed by atoms with van der Waals surface area (Å²) in [6.07, 6.45) is 2.05. The number of hydrogen-bond acceptors (Lipinski definition) is 6. The van der Waals surface area contributed by atoms with Crippen LogP contribution in [0.25, 0.3) is 0 Å². The summed E-state index contributed by atoms with van der Waals surface area (Å²) in [6, 6.07) is 0. The third kappa shape index (κ3) is 1.41. The number of phenolic OH excluding ortho intramolecular Hbond substituents is 3. The van der Waals surface area contributed by atoms with Crippen LogP contribution in [0, 0.1) is 16.2 Å². The first-order valence-corrected chi connectivity index (χ1v) is 3.90. The second kappa shape index (κ2) is 3.79. The van der Waals surface area contributed by atoms with E-state index in [9.17, 15) is 15.3 Å². The fourth-order valence-electron chi connectivity index (χ4n) is 1.18. The summed E-state index contributed by atoms with van der Waals surface area (Å²) in [5, 5.41) is 49.3. The van der Waals surface area contributed by atoms with Gasteiger partial charge in [-0.25, -0.2) is 0 Å². The highest BCUT2D eigenvalue weighted by molar-refractivity contribution is 6.01. The summed E-state index contributed by atoms with van der Waals surface area (Å²) >= 11 is 0. The normalized spacial score (nSPS) is 9.60. The fraction of sp³-hybridized carbons (Fsp3) is 0. The van der Waals surface area contributed by atoms with E-state index in [1.807, 2.05) is 0 Å². The van der Waals surface area contributed by atoms with Crippen molar-refractivity contribution >= 4 is 18.6 Å². The van der Waals surface area contributed by atoms with Gasteiger partial charge in [0.15, 0.2) is 0 Å². The average Bonchev–Trinajstić information content (AvgIpc) is 2.19. The van der Waals surface area contributed by atoms with E-state index in [0.717, 1.165) is 0 Å². The molecular formula is C9H9N3O3. The van der Waals surface area contributed by atoms with Crippen LogP contribution in [0.3, 0.4) is 0 Å². The van der Waals surface area contributed by atoms with Crippen molar-refractivity contribution in [2.24, 2.45) is 0 Å². The van der Waals surface area contributed by atoms with Gasteiger partial charge in [-0.15, -0.1) is 0 Å². The number of aromatic hydroxyl groups is 3. The predicted molar refractivity (Wildman–Crippen MR) is 55.1 cm³/mol. The molecule has 78 valence electrons. The monoisotopic (exact) mass is 207 g/mol. The van der Waals surface area contributed by atoms with Crippen molar-refractivity contribution in [1.29, 1.82) is 16.2 Å². The Labute approximate surface area is 85.0 Å². The Morgan fingerprint density at radius 3 is 0.933 bits per heavy atom. The van der Waals surface area contributed by atoms with Crippen LogP contribution in [-0.2, 0) is 0 Å². The minimum atomic E-state index is -0.555. The quantitative estimate of drug-likeness (QED) is 0.409. The molecule has 0 radical (unpaired) electrons. The Morgan fingerprint density at radius 1 is 0.600 bits per heavy atom. The first-order chi connectivity index (χ1) is 7.08. The average molecular weight is 207 g/mol.